The molecule has 0 radical (unpaired) electrons. The lowest BCUT2D eigenvalue weighted by Gasteiger charge is -2.22. The van der Waals surface area contributed by atoms with E-state index in [2.05, 4.69) is 138 Å². The molecule has 10 nitrogen and oxygen atoms in total. The van der Waals surface area contributed by atoms with E-state index in [1.165, 1.54) is 52.1 Å². The molecule has 0 aliphatic carbocycles. The van der Waals surface area contributed by atoms with Gasteiger partial charge in [-0.2, -0.15) is 0 Å². The average Bonchev–Trinajstić information content (AvgIpc) is 3.49. The van der Waals surface area contributed by atoms with Crippen molar-refractivity contribution in [2.45, 2.75) is 78.1 Å². The van der Waals surface area contributed by atoms with Crippen molar-refractivity contribution in [3.05, 3.63) is 37.2 Å². The van der Waals surface area contributed by atoms with Crippen molar-refractivity contribution in [3.63, 3.8) is 0 Å². The number of anilines is 1. The molecule has 2 aliphatic rings. The molecule has 4 rings (SSSR count). The fraction of sp³-hybridized carbons (Fsp3) is 0.722. The Kier molecular flexibility index (Phi) is 23.5. The Morgan fingerprint density at radius 3 is 1.78 bits per heavy atom. The summed E-state index contributed by atoms with van der Waals surface area (Å²) in [7, 11) is -2.06. The van der Waals surface area contributed by atoms with Gasteiger partial charge < -0.3 is 39.0 Å². The molecule has 2 aromatic rings. The Bertz CT molecular complexity index is 1240. The summed E-state index contributed by atoms with van der Waals surface area (Å²) in [5, 5.41) is 3.37. The molecular weight excluding hydrogens is 923 g/mol. The van der Waals surface area contributed by atoms with Crippen LogP contribution in [0.3, 0.4) is 0 Å². The van der Waals surface area contributed by atoms with Crippen LogP contribution in [0.1, 0.15) is 26.7 Å². The summed E-state index contributed by atoms with van der Waals surface area (Å²) in [6.45, 7) is 32.1. The predicted octanol–water partition coefficient (Wildman–Crippen LogP) is 8.51. The van der Waals surface area contributed by atoms with Crippen molar-refractivity contribution >= 4 is 76.4 Å². The van der Waals surface area contributed by atoms with E-state index < -0.39 is 16.1 Å². The number of ether oxygens (including phenoxy) is 4. The summed E-state index contributed by atoms with van der Waals surface area (Å²) in [6.07, 6.45) is 2.49. The lowest BCUT2D eigenvalue weighted by Crippen LogP contribution is -2.31. The van der Waals surface area contributed by atoms with Gasteiger partial charge in [-0.05, 0) is 136 Å². The highest BCUT2D eigenvalue weighted by atomic mass is 127. The molecule has 2 fully saturated rings. The minimum Gasteiger partial charge on any atom is -0.465 e. The van der Waals surface area contributed by atoms with E-state index in [1.807, 2.05) is 24.3 Å². The molecule has 0 spiro atoms. The quantitative estimate of drug-likeness (QED) is 0.0617. The third kappa shape index (κ3) is 21.9. The molecule has 0 amide bonds. The van der Waals surface area contributed by atoms with Crippen LogP contribution in [0.4, 0.5) is 5.82 Å². The van der Waals surface area contributed by atoms with Crippen molar-refractivity contribution in [2.24, 2.45) is 0 Å². The van der Waals surface area contributed by atoms with E-state index in [0.29, 0.717) is 0 Å². The lowest BCUT2D eigenvalue weighted by molar-refractivity contribution is 0.0211. The largest absolute Gasteiger partial charge is 0.465 e. The fourth-order valence-electron chi connectivity index (χ4n) is 5.02. The zero-order valence-corrected chi connectivity index (χ0v) is 39.9. The maximum Gasteiger partial charge on any atom is 0.189 e. The normalized spacial score (nSPS) is 16.3. The van der Waals surface area contributed by atoms with Crippen LogP contribution in [0.5, 0.6) is 11.5 Å². The van der Waals surface area contributed by atoms with Crippen molar-refractivity contribution in [3.8, 4) is 11.5 Å². The molecule has 4 heterocycles. The zero-order valence-electron chi connectivity index (χ0n) is 32.5. The maximum absolute atomic E-state index is 5.71. The van der Waals surface area contributed by atoms with Gasteiger partial charge in [-0.15, -0.1) is 0 Å². The van der Waals surface area contributed by atoms with E-state index in [0.717, 1.165) is 81.7 Å². The number of pyridine rings is 2. The van der Waals surface area contributed by atoms with Gasteiger partial charge in [-0.3, -0.25) is 0 Å². The Labute approximate surface area is 341 Å². The van der Waals surface area contributed by atoms with Crippen LogP contribution >= 0.6 is 54.5 Å². The Morgan fingerprint density at radius 1 is 0.686 bits per heavy atom. The first-order valence-corrected chi connectivity index (χ1v) is 28.6. The first-order valence-electron chi connectivity index (χ1n) is 18.5. The van der Waals surface area contributed by atoms with Gasteiger partial charge >= 0.3 is 0 Å². The van der Waals surface area contributed by atoms with Gasteiger partial charge in [0.25, 0.3) is 0 Å². The van der Waals surface area contributed by atoms with Crippen LogP contribution in [-0.2, 0) is 9.47 Å². The molecule has 0 saturated carbocycles. The predicted molar refractivity (Wildman–Crippen MR) is 234 cm³/mol. The van der Waals surface area contributed by atoms with Crippen LogP contribution in [0.25, 0.3) is 0 Å². The van der Waals surface area contributed by atoms with Crippen molar-refractivity contribution < 1.29 is 18.9 Å². The number of rotatable bonds is 15. The zero-order chi connectivity index (χ0) is 37.7. The summed E-state index contributed by atoms with van der Waals surface area (Å²) in [5.74, 6) is 2.47. The molecule has 2 aromatic heterocycles. The van der Waals surface area contributed by atoms with Crippen LogP contribution in [-0.4, -0.2) is 128 Å². The van der Waals surface area contributed by atoms with Gasteiger partial charge in [0.15, 0.2) is 29.7 Å². The molecule has 0 unspecified atom stereocenters. The molecule has 15 heteroatoms. The van der Waals surface area contributed by atoms with Gasteiger partial charge in [0.1, 0.15) is 14.1 Å². The third-order valence-corrected chi connectivity index (χ3v) is 13.6. The van der Waals surface area contributed by atoms with E-state index in [-0.39, 0.29) is 13.6 Å². The smallest absolute Gasteiger partial charge is 0.189 e. The Morgan fingerprint density at radius 2 is 1.24 bits per heavy atom. The summed E-state index contributed by atoms with van der Waals surface area (Å²) in [5.41, 5.74) is 0. The highest BCUT2D eigenvalue weighted by Gasteiger charge is 2.17. The topological polar surface area (TPSA) is 84.5 Å². The fourth-order valence-corrected chi connectivity index (χ4v) is 8.15. The molecule has 2 aliphatic heterocycles. The maximum atomic E-state index is 5.71. The third-order valence-electron chi connectivity index (χ3n) is 8.41. The average molecular weight is 989 g/mol. The Hall–Kier alpha value is -0.376. The first-order chi connectivity index (χ1) is 24.2. The number of aromatic nitrogens is 2. The lowest BCUT2D eigenvalue weighted by atomic mass is 10.3. The molecule has 0 aromatic carbocycles. The standard InChI is InChI=1S/C18H32BrN3O2Si.C11H17BrINO2Si.C7H16N2/c1-5-21-9-6-10-22(12-11-21)17-8-7-16(18(19)20-17)24-15-23-13-14-25(2,3)4;1-17(2,3)7-6-15-8-16-9-4-5-10(13)14-11(9)12;1-2-9-6-3-4-8-5-7-9/h7-8H,5-6,9-15H2,1-4H3;4-5H,6-8H2,1-3H3;8H,2-7H2,1H3. The molecule has 292 valence electrons. The number of likely N-dealkylation sites (N-methyl/N-ethyl adjacent to an activating group) is 2. The van der Waals surface area contributed by atoms with Gasteiger partial charge in [-0.1, -0.05) is 53.1 Å². The summed E-state index contributed by atoms with van der Waals surface area (Å²) in [4.78, 5) is 16.3. The highest BCUT2D eigenvalue weighted by molar-refractivity contribution is 14.1. The van der Waals surface area contributed by atoms with Gasteiger partial charge in [0, 0.05) is 62.1 Å². The molecule has 1 N–H and O–H groups in total. The summed E-state index contributed by atoms with van der Waals surface area (Å²) < 4.78 is 24.7. The van der Waals surface area contributed by atoms with E-state index in [4.69, 9.17) is 18.9 Å². The molecule has 2 saturated heterocycles. The number of nitrogens with zero attached hydrogens (tertiary/aromatic N) is 5. The second-order valence-corrected chi connectivity index (χ2v) is 29.0. The molecular formula is C36H65Br2IN6O4Si2. The van der Waals surface area contributed by atoms with Gasteiger partial charge in [0.05, 0.1) is 0 Å². The Balaban J connectivity index is 0.000000297. The number of hydrogen-bond acceptors (Lipinski definition) is 10. The SMILES string of the molecule is CCN1CCCN(c2ccc(OCOCC[Si](C)(C)C)c(Br)n2)CC1.CCN1CCCNCC1.C[Si](C)(C)CCOCOc1ccc(I)nc1Br. The van der Waals surface area contributed by atoms with Gasteiger partial charge in [-0.25, -0.2) is 9.97 Å². The molecule has 0 bridgehead atoms. The number of nitrogens with one attached hydrogen (secondary N) is 1. The van der Waals surface area contributed by atoms with Crippen LogP contribution < -0.4 is 19.7 Å². The van der Waals surface area contributed by atoms with Crippen molar-refractivity contribution in [1.29, 1.82) is 0 Å². The number of halogens is 3. The van der Waals surface area contributed by atoms with E-state index in [1.54, 1.807) is 0 Å². The van der Waals surface area contributed by atoms with Crippen molar-refractivity contribution in [1.82, 2.24) is 25.1 Å². The summed E-state index contributed by atoms with van der Waals surface area (Å²) >= 11 is 9.05. The second kappa shape index (κ2) is 25.7. The minimum absolute atomic E-state index is 0.277. The van der Waals surface area contributed by atoms with E-state index >= 15 is 0 Å². The minimum atomic E-state index is -1.05. The first kappa shape index (κ1) is 46.8. The van der Waals surface area contributed by atoms with Gasteiger partial charge in [0.2, 0.25) is 0 Å². The van der Waals surface area contributed by atoms with Crippen molar-refractivity contribution in [2.75, 3.05) is 97.1 Å². The number of hydrogen-bond donors (Lipinski definition) is 1. The molecule has 51 heavy (non-hydrogen) atoms. The van der Waals surface area contributed by atoms with E-state index in [9.17, 15) is 0 Å². The van der Waals surface area contributed by atoms with Crippen LogP contribution in [0.15, 0.2) is 33.5 Å². The highest BCUT2D eigenvalue weighted by Crippen LogP contribution is 2.27. The van der Waals surface area contributed by atoms with Crippen LogP contribution in [0.2, 0.25) is 51.4 Å². The monoisotopic (exact) mass is 986 g/mol. The second-order valence-electron chi connectivity index (χ2n) is 15.2. The van der Waals surface area contributed by atoms with Crippen LogP contribution in [0, 0.1) is 3.70 Å². The summed E-state index contributed by atoms with van der Waals surface area (Å²) in [6, 6.07) is 10.1. The molecule has 0 atom stereocenters.